The van der Waals surface area contributed by atoms with Crippen molar-refractivity contribution in [1.29, 1.82) is 0 Å². The third-order valence-electron chi connectivity index (χ3n) is 2.55. The minimum atomic E-state index is -4.32. The topological polar surface area (TPSA) is 24.9 Å². The third kappa shape index (κ3) is 3.86. The van der Waals surface area contributed by atoms with Crippen LogP contribution in [-0.2, 0) is 12.7 Å². The maximum atomic E-state index is 12.4. The van der Waals surface area contributed by atoms with Gasteiger partial charge in [-0.25, -0.2) is 4.98 Å². The molecule has 20 heavy (non-hydrogen) atoms. The van der Waals surface area contributed by atoms with E-state index in [9.17, 15) is 13.2 Å². The van der Waals surface area contributed by atoms with Crippen molar-refractivity contribution in [1.82, 2.24) is 4.98 Å². The summed E-state index contributed by atoms with van der Waals surface area (Å²) >= 11 is 9.21. The first-order chi connectivity index (χ1) is 9.36. The fourth-order valence-electron chi connectivity index (χ4n) is 1.54. The maximum absolute atomic E-state index is 12.4. The molecule has 0 radical (unpaired) electrons. The summed E-state index contributed by atoms with van der Waals surface area (Å²) in [5.74, 6) is 0.481. The van der Waals surface area contributed by atoms with Crippen molar-refractivity contribution >= 4 is 33.3 Å². The van der Waals surface area contributed by atoms with E-state index >= 15 is 0 Å². The number of halogens is 5. The van der Waals surface area contributed by atoms with E-state index in [1.807, 2.05) is 0 Å². The van der Waals surface area contributed by atoms with Gasteiger partial charge in [-0.05, 0) is 39.7 Å². The molecule has 1 heterocycles. The van der Waals surface area contributed by atoms with Gasteiger partial charge in [0.15, 0.2) is 0 Å². The highest BCUT2D eigenvalue weighted by atomic mass is 79.9. The molecule has 0 fully saturated rings. The maximum Gasteiger partial charge on any atom is 0.416 e. The summed E-state index contributed by atoms with van der Waals surface area (Å²) in [6.45, 7) is 0.340. The van der Waals surface area contributed by atoms with Crippen molar-refractivity contribution in [3.8, 4) is 0 Å². The lowest BCUT2D eigenvalue weighted by Crippen LogP contribution is -2.06. The number of nitrogens with one attached hydrogen (secondary N) is 1. The molecule has 0 atom stereocenters. The van der Waals surface area contributed by atoms with E-state index in [1.54, 1.807) is 12.3 Å². The third-order valence-corrected chi connectivity index (χ3v) is 3.27. The zero-order valence-corrected chi connectivity index (χ0v) is 12.4. The molecule has 7 heteroatoms. The van der Waals surface area contributed by atoms with Gasteiger partial charge in [-0.15, -0.1) is 0 Å². The van der Waals surface area contributed by atoms with E-state index in [0.717, 1.165) is 16.6 Å². The van der Waals surface area contributed by atoms with Crippen molar-refractivity contribution in [2.75, 3.05) is 5.32 Å². The highest BCUT2D eigenvalue weighted by Gasteiger charge is 2.29. The van der Waals surface area contributed by atoms with E-state index in [2.05, 4.69) is 26.2 Å². The molecule has 2 aromatic rings. The van der Waals surface area contributed by atoms with Gasteiger partial charge < -0.3 is 5.32 Å². The molecule has 1 N–H and O–H groups in total. The molecular formula is C13H9BrClF3N2. The van der Waals surface area contributed by atoms with E-state index in [0.29, 0.717) is 22.9 Å². The number of aromatic nitrogens is 1. The summed E-state index contributed by atoms with van der Waals surface area (Å²) in [6.07, 6.45) is -2.73. The molecule has 0 saturated carbocycles. The van der Waals surface area contributed by atoms with Crippen LogP contribution in [0.1, 0.15) is 11.1 Å². The van der Waals surface area contributed by atoms with Gasteiger partial charge in [0.25, 0.3) is 0 Å². The van der Waals surface area contributed by atoms with E-state index in [4.69, 9.17) is 11.6 Å². The molecule has 0 spiro atoms. The first kappa shape index (κ1) is 15.1. The minimum Gasteiger partial charge on any atom is -0.365 e. The number of rotatable bonds is 3. The van der Waals surface area contributed by atoms with Crippen molar-refractivity contribution in [2.45, 2.75) is 12.7 Å². The summed E-state index contributed by atoms with van der Waals surface area (Å²) < 4.78 is 38.0. The van der Waals surface area contributed by atoms with E-state index in [-0.39, 0.29) is 0 Å². The van der Waals surface area contributed by atoms with Gasteiger partial charge in [-0.2, -0.15) is 13.2 Å². The number of hydrogen-bond donors (Lipinski definition) is 1. The fourth-order valence-corrected chi connectivity index (χ4v) is 2.24. The van der Waals surface area contributed by atoms with Gasteiger partial charge in [0.2, 0.25) is 0 Å². The lowest BCUT2D eigenvalue weighted by Gasteiger charge is -2.09. The van der Waals surface area contributed by atoms with Crippen LogP contribution >= 0.6 is 27.5 Å². The number of anilines is 1. The lowest BCUT2D eigenvalue weighted by atomic mass is 10.1. The van der Waals surface area contributed by atoms with Crippen LogP contribution in [0.3, 0.4) is 0 Å². The molecule has 2 nitrogen and oxygen atoms in total. The second kappa shape index (κ2) is 6.01. The Balaban J connectivity index is 2.04. The van der Waals surface area contributed by atoms with Crippen molar-refractivity contribution in [3.63, 3.8) is 0 Å². The molecule has 0 aliphatic heterocycles. The van der Waals surface area contributed by atoms with Crippen LogP contribution in [0.15, 0.2) is 41.0 Å². The monoisotopic (exact) mass is 364 g/mol. The van der Waals surface area contributed by atoms with Crippen molar-refractivity contribution in [2.24, 2.45) is 0 Å². The van der Waals surface area contributed by atoms with E-state index in [1.165, 1.54) is 12.1 Å². The van der Waals surface area contributed by atoms with Crippen LogP contribution < -0.4 is 5.32 Å². The Kier molecular flexibility index (Phi) is 4.55. The van der Waals surface area contributed by atoms with Crippen molar-refractivity contribution in [3.05, 3.63) is 57.2 Å². The van der Waals surface area contributed by atoms with Gasteiger partial charge in [0, 0.05) is 17.2 Å². The summed E-state index contributed by atoms with van der Waals surface area (Å²) in [7, 11) is 0. The smallest absolute Gasteiger partial charge is 0.365 e. The molecule has 0 unspecified atom stereocenters. The molecule has 2 rings (SSSR count). The second-order valence-electron chi connectivity index (χ2n) is 4.03. The molecule has 1 aromatic carbocycles. The predicted octanol–water partition coefficient (Wildman–Crippen LogP) is 5.13. The van der Waals surface area contributed by atoms with Gasteiger partial charge in [0.05, 0.1) is 10.6 Å². The predicted molar refractivity (Wildman–Crippen MR) is 75.7 cm³/mol. The van der Waals surface area contributed by atoms with Crippen LogP contribution in [0.2, 0.25) is 5.02 Å². The number of hydrogen-bond acceptors (Lipinski definition) is 2. The molecular weight excluding hydrogens is 357 g/mol. The van der Waals surface area contributed by atoms with Gasteiger partial charge in [-0.1, -0.05) is 23.7 Å². The lowest BCUT2D eigenvalue weighted by molar-refractivity contribution is -0.137. The zero-order chi connectivity index (χ0) is 14.8. The normalized spacial score (nSPS) is 11.4. The van der Waals surface area contributed by atoms with Crippen molar-refractivity contribution < 1.29 is 13.2 Å². The van der Waals surface area contributed by atoms with E-state index < -0.39 is 11.7 Å². The van der Waals surface area contributed by atoms with Gasteiger partial charge in [-0.3, -0.25) is 0 Å². The summed E-state index contributed by atoms with van der Waals surface area (Å²) in [5, 5.41) is 3.41. The number of nitrogens with zero attached hydrogens (tertiary/aromatic N) is 1. The summed E-state index contributed by atoms with van der Waals surface area (Å²) in [4.78, 5) is 4.08. The Labute approximate surface area is 127 Å². The van der Waals surface area contributed by atoms with Crippen LogP contribution in [0.5, 0.6) is 0 Å². The highest BCUT2D eigenvalue weighted by Crippen LogP contribution is 2.29. The van der Waals surface area contributed by atoms with Crippen LogP contribution in [0.4, 0.5) is 19.0 Å². The Hall–Kier alpha value is -1.27. The van der Waals surface area contributed by atoms with Gasteiger partial charge in [0.1, 0.15) is 5.82 Å². The highest BCUT2D eigenvalue weighted by molar-refractivity contribution is 9.10. The minimum absolute atomic E-state index is 0.340. The first-order valence-electron chi connectivity index (χ1n) is 5.57. The molecule has 0 saturated heterocycles. The van der Waals surface area contributed by atoms with Crippen LogP contribution in [0, 0.1) is 0 Å². The average Bonchev–Trinajstić information content (AvgIpc) is 2.37. The average molecular weight is 366 g/mol. The summed E-state index contributed by atoms with van der Waals surface area (Å²) in [5.41, 5.74) is 0.0415. The Morgan fingerprint density at radius 1 is 1.20 bits per heavy atom. The molecule has 0 amide bonds. The number of benzene rings is 1. The number of alkyl halides is 3. The molecule has 0 aliphatic rings. The first-order valence-corrected chi connectivity index (χ1v) is 6.74. The summed E-state index contributed by atoms with van der Waals surface area (Å²) in [6, 6.07) is 6.62. The molecule has 0 bridgehead atoms. The molecule has 1 aromatic heterocycles. The largest absolute Gasteiger partial charge is 0.416 e. The Morgan fingerprint density at radius 3 is 2.40 bits per heavy atom. The quantitative estimate of drug-likeness (QED) is 0.816. The molecule has 106 valence electrons. The zero-order valence-electron chi connectivity index (χ0n) is 10.0. The van der Waals surface area contributed by atoms with Crippen LogP contribution in [0.25, 0.3) is 0 Å². The Bertz CT molecular complexity index is 600. The number of pyridine rings is 1. The standard InChI is InChI=1S/C13H9BrClF3N2/c14-10-5-11(15)12(20-7-10)19-6-8-1-3-9(4-2-8)13(16,17)18/h1-5,7H,6H2,(H,19,20). The molecule has 0 aliphatic carbocycles. The SMILES string of the molecule is FC(F)(F)c1ccc(CNc2ncc(Br)cc2Cl)cc1. The Morgan fingerprint density at radius 2 is 1.85 bits per heavy atom. The second-order valence-corrected chi connectivity index (χ2v) is 5.36. The van der Waals surface area contributed by atoms with Gasteiger partial charge >= 0.3 is 6.18 Å². The fraction of sp³-hybridized carbons (Fsp3) is 0.154. The van der Waals surface area contributed by atoms with Crippen LogP contribution in [-0.4, -0.2) is 4.98 Å².